The summed E-state index contributed by atoms with van der Waals surface area (Å²) in [6, 6.07) is 8.29. The summed E-state index contributed by atoms with van der Waals surface area (Å²) in [6.07, 6.45) is 3.87. The summed E-state index contributed by atoms with van der Waals surface area (Å²) in [7, 11) is 3.86. The fraction of sp³-hybridized carbons (Fsp3) is 0.647. The molecule has 0 saturated carbocycles. The molecule has 0 amide bonds. The van der Waals surface area contributed by atoms with Gasteiger partial charge in [-0.2, -0.15) is 0 Å². The number of nitrogens with zero attached hydrogens (tertiary/aromatic N) is 1. The molecule has 21 heavy (non-hydrogen) atoms. The third-order valence-corrected chi connectivity index (χ3v) is 3.94. The first kappa shape index (κ1) is 16.3. The normalized spacial score (nSPS) is 16.3. The first-order valence-electron chi connectivity index (χ1n) is 7.91. The molecule has 0 spiro atoms. The van der Waals surface area contributed by atoms with Gasteiger partial charge in [0.15, 0.2) is 0 Å². The summed E-state index contributed by atoms with van der Waals surface area (Å²) in [5.41, 5.74) is 1.32. The quantitative estimate of drug-likeness (QED) is 0.745. The van der Waals surface area contributed by atoms with E-state index in [-0.39, 0.29) is 0 Å². The molecule has 1 aliphatic heterocycles. The topological polar surface area (TPSA) is 33.7 Å². The number of piperidine rings is 1. The Bertz CT molecular complexity index is 388. The summed E-state index contributed by atoms with van der Waals surface area (Å²) in [6.45, 7) is 5.11. The number of benzene rings is 1. The number of hydrogen-bond acceptors (Lipinski definition) is 4. The van der Waals surface area contributed by atoms with E-state index in [0.717, 1.165) is 57.8 Å². The van der Waals surface area contributed by atoms with Crippen molar-refractivity contribution in [2.24, 2.45) is 0 Å². The van der Waals surface area contributed by atoms with E-state index in [1.165, 1.54) is 5.56 Å². The zero-order chi connectivity index (χ0) is 14.9. The van der Waals surface area contributed by atoms with Crippen LogP contribution in [0, 0.1) is 0 Å². The molecule has 1 N–H and O–H groups in total. The van der Waals surface area contributed by atoms with E-state index in [4.69, 9.17) is 9.47 Å². The fourth-order valence-corrected chi connectivity index (χ4v) is 2.67. The first-order valence-corrected chi connectivity index (χ1v) is 7.91. The predicted molar refractivity (Wildman–Crippen MR) is 85.8 cm³/mol. The van der Waals surface area contributed by atoms with Gasteiger partial charge in [-0.15, -0.1) is 0 Å². The van der Waals surface area contributed by atoms with Crippen LogP contribution in [0.1, 0.15) is 24.8 Å². The summed E-state index contributed by atoms with van der Waals surface area (Å²) in [5, 5.41) is 3.36. The van der Waals surface area contributed by atoms with Crippen LogP contribution in [-0.4, -0.2) is 51.4 Å². The van der Waals surface area contributed by atoms with Crippen molar-refractivity contribution < 1.29 is 9.47 Å². The van der Waals surface area contributed by atoms with Gasteiger partial charge in [0.05, 0.1) is 13.2 Å². The van der Waals surface area contributed by atoms with Gasteiger partial charge in [0.1, 0.15) is 5.75 Å². The molecule has 0 aromatic heterocycles. The van der Waals surface area contributed by atoms with Gasteiger partial charge >= 0.3 is 0 Å². The minimum Gasteiger partial charge on any atom is -0.497 e. The molecule has 0 radical (unpaired) electrons. The second kappa shape index (κ2) is 9.03. The SMILES string of the molecule is COc1ccc(CN(C)CCCOC2CCNCC2)cc1. The van der Waals surface area contributed by atoms with E-state index in [1.807, 2.05) is 12.1 Å². The van der Waals surface area contributed by atoms with E-state index in [9.17, 15) is 0 Å². The third-order valence-electron chi connectivity index (χ3n) is 3.94. The summed E-state index contributed by atoms with van der Waals surface area (Å²) < 4.78 is 11.1. The van der Waals surface area contributed by atoms with Crippen LogP contribution in [0.5, 0.6) is 5.75 Å². The van der Waals surface area contributed by atoms with Crippen LogP contribution in [0.4, 0.5) is 0 Å². The molecule has 1 heterocycles. The standard InChI is InChI=1S/C17H28N2O2/c1-19(14-15-4-6-16(20-2)7-5-15)12-3-13-21-17-8-10-18-11-9-17/h4-7,17-18H,3,8-14H2,1-2H3. The highest BCUT2D eigenvalue weighted by Gasteiger charge is 2.12. The average Bonchev–Trinajstić information content (AvgIpc) is 2.53. The van der Waals surface area contributed by atoms with E-state index in [0.29, 0.717) is 6.10 Å². The third kappa shape index (κ3) is 6.04. The molecule has 0 aliphatic carbocycles. The first-order chi connectivity index (χ1) is 10.3. The second-order valence-electron chi connectivity index (χ2n) is 5.76. The monoisotopic (exact) mass is 292 g/mol. The minimum atomic E-state index is 0.471. The Morgan fingerprint density at radius 2 is 1.90 bits per heavy atom. The van der Waals surface area contributed by atoms with Gasteiger partial charge < -0.3 is 19.7 Å². The van der Waals surface area contributed by atoms with Crippen molar-refractivity contribution in [2.45, 2.75) is 31.9 Å². The lowest BCUT2D eigenvalue weighted by Gasteiger charge is -2.23. The van der Waals surface area contributed by atoms with Crippen LogP contribution in [0.3, 0.4) is 0 Å². The van der Waals surface area contributed by atoms with Crippen molar-refractivity contribution in [1.29, 1.82) is 0 Å². The summed E-state index contributed by atoms with van der Waals surface area (Å²) >= 11 is 0. The average molecular weight is 292 g/mol. The molecule has 4 nitrogen and oxygen atoms in total. The second-order valence-corrected chi connectivity index (χ2v) is 5.76. The zero-order valence-corrected chi connectivity index (χ0v) is 13.3. The van der Waals surface area contributed by atoms with Crippen molar-refractivity contribution in [3.63, 3.8) is 0 Å². The van der Waals surface area contributed by atoms with E-state index in [1.54, 1.807) is 7.11 Å². The molecule has 0 unspecified atom stereocenters. The Balaban J connectivity index is 1.59. The summed E-state index contributed by atoms with van der Waals surface area (Å²) in [4.78, 5) is 2.34. The smallest absolute Gasteiger partial charge is 0.118 e. The number of methoxy groups -OCH3 is 1. The van der Waals surface area contributed by atoms with Crippen LogP contribution >= 0.6 is 0 Å². The number of rotatable bonds is 8. The van der Waals surface area contributed by atoms with Crippen molar-refractivity contribution in [1.82, 2.24) is 10.2 Å². The molecule has 1 saturated heterocycles. The highest BCUT2D eigenvalue weighted by molar-refractivity contribution is 5.26. The molecule has 118 valence electrons. The molecule has 1 aromatic rings. The number of ether oxygens (including phenoxy) is 2. The van der Waals surface area contributed by atoms with E-state index >= 15 is 0 Å². The van der Waals surface area contributed by atoms with Crippen molar-refractivity contribution in [2.75, 3.05) is 40.4 Å². The van der Waals surface area contributed by atoms with Gasteiger partial charge in [-0.1, -0.05) is 12.1 Å². The van der Waals surface area contributed by atoms with Crippen LogP contribution in [0.15, 0.2) is 24.3 Å². The van der Waals surface area contributed by atoms with E-state index < -0.39 is 0 Å². The van der Waals surface area contributed by atoms with Crippen LogP contribution in [0.2, 0.25) is 0 Å². The Hall–Kier alpha value is -1.10. The molecule has 2 rings (SSSR count). The zero-order valence-electron chi connectivity index (χ0n) is 13.3. The number of nitrogens with one attached hydrogen (secondary N) is 1. The minimum absolute atomic E-state index is 0.471. The molecule has 4 heteroatoms. The van der Waals surface area contributed by atoms with Gasteiger partial charge in [-0.25, -0.2) is 0 Å². The maximum absolute atomic E-state index is 5.93. The maximum Gasteiger partial charge on any atom is 0.118 e. The Labute approximate surface area is 128 Å². The fourth-order valence-electron chi connectivity index (χ4n) is 2.67. The van der Waals surface area contributed by atoms with Crippen LogP contribution in [-0.2, 0) is 11.3 Å². The summed E-state index contributed by atoms with van der Waals surface area (Å²) in [5.74, 6) is 0.914. The molecular formula is C17H28N2O2. The Morgan fingerprint density at radius 3 is 2.57 bits per heavy atom. The van der Waals surface area contributed by atoms with Gasteiger partial charge in [-0.3, -0.25) is 0 Å². The Morgan fingerprint density at radius 1 is 1.19 bits per heavy atom. The lowest BCUT2D eigenvalue weighted by Crippen LogP contribution is -2.33. The van der Waals surface area contributed by atoms with Crippen molar-refractivity contribution in [3.8, 4) is 5.75 Å². The van der Waals surface area contributed by atoms with E-state index in [2.05, 4.69) is 29.4 Å². The highest BCUT2D eigenvalue weighted by atomic mass is 16.5. The van der Waals surface area contributed by atoms with Gasteiger partial charge in [0, 0.05) is 19.7 Å². The predicted octanol–water partition coefficient (Wildman–Crippen LogP) is 2.29. The Kier molecular flexibility index (Phi) is 7.00. The molecular weight excluding hydrogens is 264 g/mol. The van der Waals surface area contributed by atoms with Crippen LogP contribution in [0.25, 0.3) is 0 Å². The molecule has 0 bridgehead atoms. The van der Waals surface area contributed by atoms with Gasteiger partial charge in [-0.05, 0) is 57.1 Å². The maximum atomic E-state index is 5.93. The molecule has 0 atom stereocenters. The largest absolute Gasteiger partial charge is 0.497 e. The van der Waals surface area contributed by atoms with Crippen LogP contribution < -0.4 is 10.1 Å². The van der Waals surface area contributed by atoms with Crippen molar-refractivity contribution in [3.05, 3.63) is 29.8 Å². The lowest BCUT2D eigenvalue weighted by atomic mass is 10.1. The highest BCUT2D eigenvalue weighted by Crippen LogP contribution is 2.13. The van der Waals surface area contributed by atoms with Gasteiger partial charge in [0.2, 0.25) is 0 Å². The number of hydrogen-bond donors (Lipinski definition) is 1. The molecule has 1 aliphatic rings. The van der Waals surface area contributed by atoms with Crippen molar-refractivity contribution >= 4 is 0 Å². The lowest BCUT2D eigenvalue weighted by molar-refractivity contribution is 0.0284. The van der Waals surface area contributed by atoms with Gasteiger partial charge in [0.25, 0.3) is 0 Å². The molecule has 1 aromatic carbocycles. The molecule has 1 fully saturated rings.